The summed E-state index contributed by atoms with van der Waals surface area (Å²) in [6.07, 6.45) is -3.58. The minimum atomic E-state index is -4.36. The predicted octanol–water partition coefficient (Wildman–Crippen LogP) is 4.77. The zero-order chi connectivity index (χ0) is 14.8. The van der Waals surface area contributed by atoms with Crippen molar-refractivity contribution in [2.45, 2.75) is 19.0 Å². The summed E-state index contributed by atoms with van der Waals surface area (Å²) in [5, 5.41) is 0. The summed E-state index contributed by atoms with van der Waals surface area (Å²) in [6, 6.07) is 7.96. The monoisotopic (exact) mass is 286 g/mol. The molecule has 0 nitrogen and oxygen atoms in total. The SMILES string of the molecule is Fc1cc(F)cc(CCc2ccc(C(F)(F)F)cc2)c1. The molecule has 5 heteroatoms. The van der Waals surface area contributed by atoms with Crippen LogP contribution in [0.15, 0.2) is 42.5 Å². The van der Waals surface area contributed by atoms with Crippen molar-refractivity contribution in [3.05, 3.63) is 70.8 Å². The molecule has 2 rings (SSSR count). The Morgan fingerprint density at radius 2 is 1.20 bits per heavy atom. The molecular formula is C15H11F5. The zero-order valence-corrected chi connectivity index (χ0v) is 10.3. The van der Waals surface area contributed by atoms with E-state index < -0.39 is 23.4 Å². The molecule has 0 N–H and O–H groups in total. The summed E-state index contributed by atoms with van der Waals surface area (Å²) in [6.45, 7) is 0. The molecule has 0 bridgehead atoms. The van der Waals surface area contributed by atoms with E-state index in [9.17, 15) is 22.0 Å². The molecule has 0 unspecified atom stereocenters. The largest absolute Gasteiger partial charge is 0.416 e. The first-order valence-corrected chi connectivity index (χ1v) is 5.96. The van der Waals surface area contributed by atoms with Crippen LogP contribution in [0.2, 0.25) is 0 Å². The van der Waals surface area contributed by atoms with Gasteiger partial charge in [-0.15, -0.1) is 0 Å². The van der Waals surface area contributed by atoms with Crippen molar-refractivity contribution in [3.8, 4) is 0 Å². The lowest BCUT2D eigenvalue weighted by atomic mass is 10.0. The second-order valence-corrected chi connectivity index (χ2v) is 4.47. The molecule has 0 radical (unpaired) electrons. The average molecular weight is 286 g/mol. The highest BCUT2D eigenvalue weighted by Gasteiger charge is 2.29. The van der Waals surface area contributed by atoms with Crippen LogP contribution in [0.25, 0.3) is 0 Å². The number of benzene rings is 2. The van der Waals surface area contributed by atoms with E-state index in [0.717, 1.165) is 18.2 Å². The summed E-state index contributed by atoms with van der Waals surface area (Å²) < 4.78 is 63.1. The van der Waals surface area contributed by atoms with Gasteiger partial charge in [0.1, 0.15) is 11.6 Å². The maximum absolute atomic E-state index is 13.0. The third-order valence-corrected chi connectivity index (χ3v) is 2.91. The second kappa shape index (κ2) is 5.61. The van der Waals surface area contributed by atoms with Gasteiger partial charge < -0.3 is 0 Å². The molecule has 0 heterocycles. The fraction of sp³-hybridized carbons (Fsp3) is 0.200. The lowest BCUT2D eigenvalue weighted by Crippen LogP contribution is -2.04. The van der Waals surface area contributed by atoms with Gasteiger partial charge in [0.15, 0.2) is 0 Å². The van der Waals surface area contributed by atoms with Crippen LogP contribution in [0.4, 0.5) is 22.0 Å². The average Bonchev–Trinajstić information content (AvgIpc) is 2.35. The predicted molar refractivity (Wildman–Crippen MR) is 65.2 cm³/mol. The van der Waals surface area contributed by atoms with Gasteiger partial charge >= 0.3 is 6.18 Å². The molecule has 2 aromatic carbocycles. The van der Waals surface area contributed by atoms with Crippen LogP contribution in [-0.2, 0) is 19.0 Å². The number of halogens is 5. The topological polar surface area (TPSA) is 0 Å². The van der Waals surface area contributed by atoms with Gasteiger partial charge in [-0.25, -0.2) is 8.78 Å². The molecule has 0 atom stereocenters. The molecule has 0 aliphatic heterocycles. The van der Waals surface area contributed by atoms with Crippen LogP contribution >= 0.6 is 0 Å². The molecule has 0 spiro atoms. The Morgan fingerprint density at radius 3 is 1.70 bits per heavy atom. The number of hydrogen-bond donors (Lipinski definition) is 0. The highest BCUT2D eigenvalue weighted by Crippen LogP contribution is 2.29. The number of aryl methyl sites for hydroxylation is 2. The Hall–Kier alpha value is -1.91. The molecule has 0 amide bonds. The van der Waals surface area contributed by atoms with Crippen molar-refractivity contribution in [2.24, 2.45) is 0 Å². The van der Waals surface area contributed by atoms with Crippen LogP contribution in [0.1, 0.15) is 16.7 Å². The molecule has 0 fully saturated rings. The van der Waals surface area contributed by atoms with Gasteiger partial charge in [-0.2, -0.15) is 13.2 Å². The smallest absolute Gasteiger partial charge is 0.207 e. The van der Waals surface area contributed by atoms with Gasteiger partial charge in [0.2, 0.25) is 0 Å². The Balaban J connectivity index is 2.04. The minimum absolute atomic E-state index is 0.361. The van der Waals surface area contributed by atoms with E-state index in [0.29, 0.717) is 24.0 Å². The normalized spacial score (nSPS) is 11.7. The van der Waals surface area contributed by atoms with Crippen molar-refractivity contribution in [1.82, 2.24) is 0 Å². The molecule has 2 aromatic rings. The van der Waals surface area contributed by atoms with Gasteiger partial charge in [-0.1, -0.05) is 12.1 Å². The highest BCUT2D eigenvalue weighted by atomic mass is 19.4. The van der Waals surface area contributed by atoms with Crippen LogP contribution in [0.3, 0.4) is 0 Å². The van der Waals surface area contributed by atoms with E-state index in [1.807, 2.05) is 0 Å². The van der Waals surface area contributed by atoms with E-state index in [-0.39, 0.29) is 0 Å². The molecule has 0 saturated heterocycles. The minimum Gasteiger partial charge on any atom is -0.207 e. The van der Waals surface area contributed by atoms with Crippen LogP contribution in [0.5, 0.6) is 0 Å². The van der Waals surface area contributed by atoms with Gasteiger partial charge in [0, 0.05) is 6.07 Å². The lowest BCUT2D eigenvalue weighted by molar-refractivity contribution is -0.137. The summed E-state index contributed by atoms with van der Waals surface area (Å²) in [4.78, 5) is 0. The van der Waals surface area contributed by atoms with Crippen LogP contribution in [0, 0.1) is 11.6 Å². The molecule has 0 saturated carbocycles. The number of rotatable bonds is 3. The fourth-order valence-electron chi connectivity index (χ4n) is 1.90. The van der Waals surface area contributed by atoms with E-state index >= 15 is 0 Å². The Kier molecular flexibility index (Phi) is 4.06. The van der Waals surface area contributed by atoms with Crippen molar-refractivity contribution < 1.29 is 22.0 Å². The quantitative estimate of drug-likeness (QED) is 0.713. The van der Waals surface area contributed by atoms with Crippen molar-refractivity contribution in [2.75, 3.05) is 0 Å². The molecule has 0 aliphatic carbocycles. The summed E-state index contributed by atoms with van der Waals surface area (Å²) in [5.74, 6) is -1.32. The number of hydrogen-bond acceptors (Lipinski definition) is 0. The summed E-state index contributed by atoms with van der Waals surface area (Å²) in [5.41, 5.74) is 0.447. The van der Waals surface area contributed by atoms with E-state index in [1.54, 1.807) is 0 Å². The van der Waals surface area contributed by atoms with E-state index in [1.165, 1.54) is 24.3 Å². The maximum atomic E-state index is 13.0. The van der Waals surface area contributed by atoms with Crippen molar-refractivity contribution in [3.63, 3.8) is 0 Å². The number of alkyl halides is 3. The molecular weight excluding hydrogens is 275 g/mol. The maximum Gasteiger partial charge on any atom is 0.416 e. The fourth-order valence-corrected chi connectivity index (χ4v) is 1.90. The van der Waals surface area contributed by atoms with Gasteiger partial charge in [-0.05, 0) is 48.2 Å². The van der Waals surface area contributed by atoms with Crippen molar-refractivity contribution >= 4 is 0 Å². The Bertz CT molecular complexity index is 564. The molecule has 0 aromatic heterocycles. The van der Waals surface area contributed by atoms with Crippen molar-refractivity contribution in [1.29, 1.82) is 0 Å². The van der Waals surface area contributed by atoms with Crippen LogP contribution in [-0.4, -0.2) is 0 Å². The van der Waals surface area contributed by atoms with E-state index in [4.69, 9.17) is 0 Å². The van der Waals surface area contributed by atoms with E-state index in [2.05, 4.69) is 0 Å². The molecule has 0 aliphatic rings. The first-order valence-electron chi connectivity index (χ1n) is 5.96. The summed E-state index contributed by atoms with van der Waals surface area (Å²) in [7, 11) is 0. The van der Waals surface area contributed by atoms with Gasteiger partial charge in [0.05, 0.1) is 5.56 Å². The standard InChI is InChI=1S/C15H11F5/c16-13-7-11(8-14(17)9-13)2-1-10-3-5-12(6-4-10)15(18,19)20/h3-9H,1-2H2. The zero-order valence-electron chi connectivity index (χ0n) is 10.3. The lowest BCUT2D eigenvalue weighted by Gasteiger charge is -2.08. The summed E-state index contributed by atoms with van der Waals surface area (Å²) >= 11 is 0. The Labute approximate surface area is 112 Å². The third-order valence-electron chi connectivity index (χ3n) is 2.91. The highest BCUT2D eigenvalue weighted by molar-refractivity contribution is 5.26. The van der Waals surface area contributed by atoms with Gasteiger partial charge in [0.25, 0.3) is 0 Å². The third kappa shape index (κ3) is 3.79. The second-order valence-electron chi connectivity index (χ2n) is 4.47. The molecule has 106 valence electrons. The van der Waals surface area contributed by atoms with Gasteiger partial charge in [-0.3, -0.25) is 0 Å². The van der Waals surface area contributed by atoms with Crippen LogP contribution < -0.4 is 0 Å². The molecule has 20 heavy (non-hydrogen) atoms. The Morgan fingerprint density at radius 1 is 0.700 bits per heavy atom. The first kappa shape index (κ1) is 14.5. The first-order chi connectivity index (χ1) is 9.34.